The summed E-state index contributed by atoms with van der Waals surface area (Å²) in [5.41, 5.74) is 1.02. The Morgan fingerprint density at radius 1 is 1.10 bits per heavy atom. The van der Waals surface area contributed by atoms with Gasteiger partial charge in [0.2, 0.25) is 5.88 Å². The minimum Gasteiger partial charge on any atom is -0.494 e. The lowest BCUT2D eigenvalue weighted by Crippen LogP contribution is -2.11. The Bertz CT molecular complexity index is 1610. The van der Waals surface area contributed by atoms with E-state index in [0.29, 0.717) is 13.0 Å². The van der Waals surface area contributed by atoms with Crippen LogP contribution in [0.3, 0.4) is 0 Å². The van der Waals surface area contributed by atoms with Crippen molar-refractivity contribution in [1.29, 1.82) is 0 Å². The number of esters is 1. The third-order valence-electron chi connectivity index (χ3n) is 7.50. The third-order valence-corrected chi connectivity index (χ3v) is 8.53. The number of rotatable bonds is 11. The number of carbonyl (C=O) groups is 1. The second-order valence-electron chi connectivity index (χ2n) is 10.5. The van der Waals surface area contributed by atoms with Gasteiger partial charge in [0.1, 0.15) is 28.0 Å². The molecular formula is C30H29F4NO6S. The first kappa shape index (κ1) is 29.8. The lowest BCUT2D eigenvalue weighted by atomic mass is 9.97. The Morgan fingerprint density at radius 3 is 2.60 bits per heavy atom. The molecule has 1 aromatic heterocycles. The molecule has 2 aromatic carbocycles. The maximum Gasteiger partial charge on any atom is 0.417 e. The standard InChI is InChI=1S/C30H29F4NO6S/c1-3-39-29(36)28-22-12-18-13-26(35-15-23(18)27(22)28)41-16-19-11-17(5-8-25(19)31)21-7-6-20(14-24(21)30(32,33)34)40-9-4-10-42(2,37)38/h5-8,11,13-15,22,27-28H,3-4,9-10,12,16H2,1-2H3/t22-,27-,28+/m1/s1. The van der Waals surface area contributed by atoms with E-state index in [1.807, 2.05) is 0 Å². The van der Waals surface area contributed by atoms with Gasteiger partial charge < -0.3 is 14.2 Å². The van der Waals surface area contributed by atoms with Gasteiger partial charge in [0, 0.05) is 30.0 Å². The van der Waals surface area contributed by atoms with Gasteiger partial charge in [-0.1, -0.05) is 12.1 Å². The van der Waals surface area contributed by atoms with E-state index in [2.05, 4.69) is 4.98 Å². The van der Waals surface area contributed by atoms with E-state index in [4.69, 9.17) is 14.2 Å². The maximum atomic E-state index is 14.7. The highest BCUT2D eigenvalue weighted by Crippen LogP contribution is 2.61. The highest BCUT2D eigenvalue weighted by Gasteiger charge is 2.60. The monoisotopic (exact) mass is 607 g/mol. The fourth-order valence-electron chi connectivity index (χ4n) is 5.52. The van der Waals surface area contributed by atoms with Crippen LogP contribution in [-0.4, -0.2) is 44.6 Å². The Hall–Kier alpha value is -3.67. The van der Waals surface area contributed by atoms with Gasteiger partial charge in [0.05, 0.1) is 30.4 Å². The number of fused-ring (bicyclic) bond motifs is 3. The van der Waals surface area contributed by atoms with Gasteiger partial charge in [-0.3, -0.25) is 4.79 Å². The fourth-order valence-corrected chi connectivity index (χ4v) is 6.16. The van der Waals surface area contributed by atoms with Gasteiger partial charge >= 0.3 is 12.1 Å². The molecule has 3 atom stereocenters. The lowest BCUT2D eigenvalue weighted by molar-refractivity contribution is -0.145. The fraction of sp³-hybridized carbons (Fsp3) is 0.400. The average molecular weight is 608 g/mol. The molecule has 0 spiro atoms. The summed E-state index contributed by atoms with van der Waals surface area (Å²) in [6.07, 6.45) is -1.18. The van der Waals surface area contributed by atoms with Crippen LogP contribution in [0.1, 0.15) is 41.5 Å². The molecule has 5 rings (SSSR count). The van der Waals surface area contributed by atoms with Crippen LogP contribution in [-0.2, 0) is 38.6 Å². The number of pyridine rings is 1. The van der Waals surface area contributed by atoms with Crippen molar-refractivity contribution >= 4 is 15.8 Å². The second-order valence-corrected chi connectivity index (χ2v) is 12.8. The molecule has 42 heavy (non-hydrogen) atoms. The van der Waals surface area contributed by atoms with Crippen LogP contribution < -0.4 is 9.47 Å². The highest BCUT2D eigenvalue weighted by atomic mass is 32.2. The zero-order valence-corrected chi connectivity index (χ0v) is 23.7. The summed E-state index contributed by atoms with van der Waals surface area (Å²) in [6, 6.07) is 8.85. The predicted octanol–water partition coefficient (Wildman–Crippen LogP) is 5.75. The van der Waals surface area contributed by atoms with Crippen molar-refractivity contribution in [3.05, 3.63) is 76.7 Å². The summed E-state index contributed by atoms with van der Waals surface area (Å²) < 4.78 is 95.4. The van der Waals surface area contributed by atoms with Crippen molar-refractivity contribution in [1.82, 2.24) is 4.98 Å². The number of halogens is 4. The first-order valence-electron chi connectivity index (χ1n) is 13.4. The van der Waals surface area contributed by atoms with Gasteiger partial charge in [-0.15, -0.1) is 0 Å². The van der Waals surface area contributed by atoms with E-state index in [-0.39, 0.29) is 77.4 Å². The van der Waals surface area contributed by atoms with Crippen LogP contribution in [0.2, 0.25) is 0 Å². The molecule has 0 unspecified atom stereocenters. The van der Waals surface area contributed by atoms with Crippen molar-refractivity contribution in [2.45, 2.75) is 38.5 Å². The van der Waals surface area contributed by atoms with Gasteiger partial charge in [-0.25, -0.2) is 17.8 Å². The minimum atomic E-state index is -4.73. The summed E-state index contributed by atoms with van der Waals surface area (Å²) in [5, 5.41) is 0. The molecule has 0 aliphatic heterocycles. The van der Waals surface area contributed by atoms with Crippen molar-refractivity contribution in [2.75, 3.05) is 25.2 Å². The summed E-state index contributed by atoms with van der Waals surface area (Å²) in [5.74, 6) is -0.675. The number of hydrogen-bond acceptors (Lipinski definition) is 7. The minimum absolute atomic E-state index is 0.0502. The van der Waals surface area contributed by atoms with E-state index in [1.54, 1.807) is 19.2 Å². The SMILES string of the molecule is CCOC(=O)[C@H]1[C@@H]2Cc3cc(OCc4cc(-c5ccc(OCCCS(C)(=O)=O)cc5C(F)(F)F)ccc4F)ncc3[C@@H]21. The van der Waals surface area contributed by atoms with Crippen LogP contribution in [0.4, 0.5) is 17.6 Å². The number of ether oxygens (including phenoxy) is 3. The quantitative estimate of drug-likeness (QED) is 0.156. The van der Waals surface area contributed by atoms with Crippen LogP contribution in [0, 0.1) is 17.7 Å². The van der Waals surface area contributed by atoms with E-state index in [1.165, 1.54) is 24.3 Å². The van der Waals surface area contributed by atoms with Crippen molar-refractivity contribution < 1.29 is 45.0 Å². The number of hydrogen-bond donors (Lipinski definition) is 0. The normalized spacial score (nSPS) is 19.1. The molecule has 12 heteroatoms. The number of benzene rings is 2. The summed E-state index contributed by atoms with van der Waals surface area (Å²) in [6.45, 7) is 1.78. The first-order valence-corrected chi connectivity index (χ1v) is 15.5. The van der Waals surface area contributed by atoms with Gasteiger partial charge in [0.15, 0.2) is 0 Å². The number of aromatic nitrogens is 1. The van der Waals surface area contributed by atoms with E-state index in [0.717, 1.165) is 29.5 Å². The molecule has 0 amide bonds. The zero-order valence-electron chi connectivity index (χ0n) is 22.9. The average Bonchev–Trinajstić information content (AvgIpc) is 3.51. The van der Waals surface area contributed by atoms with Crippen molar-refractivity contribution in [2.24, 2.45) is 11.8 Å². The molecule has 0 N–H and O–H groups in total. The predicted molar refractivity (Wildman–Crippen MR) is 145 cm³/mol. The molecule has 1 fully saturated rings. The van der Waals surface area contributed by atoms with Gasteiger partial charge in [-0.2, -0.15) is 13.2 Å². The Labute approximate surface area is 240 Å². The summed E-state index contributed by atoms with van der Waals surface area (Å²) >= 11 is 0. The molecule has 0 radical (unpaired) electrons. The first-order chi connectivity index (χ1) is 19.9. The topological polar surface area (TPSA) is 91.8 Å². The van der Waals surface area contributed by atoms with Gasteiger partial charge in [0.25, 0.3) is 0 Å². The van der Waals surface area contributed by atoms with Crippen LogP contribution >= 0.6 is 0 Å². The number of nitrogens with zero attached hydrogens (tertiary/aromatic N) is 1. The number of alkyl halides is 3. The Morgan fingerprint density at radius 2 is 1.88 bits per heavy atom. The number of carbonyl (C=O) groups excluding carboxylic acids is 1. The summed E-state index contributed by atoms with van der Waals surface area (Å²) in [4.78, 5) is 16.4. The molecule has 2 aliphatic carbocycles. The molecule has 3 aromatic rings. The molecule has 7 nitrogen and oxygen atoms in total. The molecular weight excluding hydrogens is 578 g/mol. The smallest absolute Gasteiger partial charge is 0.417 e. The van der Waals surface area contributed by atoms with E-state index in [9.17, 15) is 30.8 Å². The second kappa shape index (κ2) is 11.5. The molecule has 0 saturated heterocycles. The van der Waals surface area contributed by atoms with E-state index < -0.39 is 27.4 Å². The molecule has 1 saturated carbocycles. The largest absolute Gasteiger partial charge is 0.494 e. The Balaban J connectivity index is 1.29. The summed E-state index contributed by atoms with van der Waals surface area (Å²) in [7, 11) is -3.21. The van der Waals surface area contributed by atoms with Crippen LogP contribution in [0.15, 0.2) is 48.7 Å². The highest BCUT2D eigenvalue weighted by molar-refractivity contribution is 7.90. The molecule has 224 valence electrons. The lowest BCUT2D eigenvalue weighted by Gasteiger charge is -2.16. The zero-order chi connectivity index (χ0) is 30.2. The van der Waals surface area contributed by atoms with Crippen LogP contribution in [0.5, 0.6) is 11.6 Å². The van der Waals surface area contributed by atoms with Gasteiger partial charge in [-0.05, 0) is 72.2 Å². The molecule has 1 heterocycles. The van der Waals surface area contributed by atoms with Crippen LogP contribution in [0.25, 0.3) is 11.1 Å². The number of sulfone groups is 1. The Kier molecular flexibility index (Phi) is 8.19. The molecule has 0 bridgehead atoms. The van der Waals surface area contributed by atoms with Crippen molar-refractivity contribution in [3.8, 4) is 22.8 Å². The van der Waals surface area contributed by atoms with E-state index >= 15 is 0 Å². The molecule has 2 aliphatic rings. The van der Waals surface area contributed by atoms with Crippen molar-refractivity contribution in [3.63, 3.8) is 0 Å². The third kappa shape index (κ3) is 6.53. The maximum absolute atomic E-state index is 14.7.